The highest BCUT2D eigenvalue weighted by Crippen LogP contribution is 2.51. The zero-order valence-electron chi connectivity index (χ0n) is 26.1. The largest absolute Gasteiger partial charge is 0.501 e. The molecule has 2 aromatic carbocycles. The molecule has 1 heterocycles. The third kappa shape index (κ3) is 11.5. The van der Waals surface area contributed by atoms with Crippen molar-refractivity contribution in [2.45, 2.75) is 72.6 Å². The van der Waals surface area contributed by atoms with Gasteiger partial charge in [0.1, 0.15) is 11.2 Å². The molecule has 1 atom stereocenters. The second-order valence-electron chi connectivity index (χ2n) is 11.4. The van der Waals surface area contributed by atoms with Crippen LogP contribution < -0.4 is 10.5 Å². The van der Waals surface area contributed by atoms with Crippen LogP contribution >= 0.6 is 19.4 Å². The van der Waals surface area contributed by atoms with Gasteiger partial charge >= 0.3 is 13.1 Å². The highest BCUT2D eigenvalue weighted by molar-refractivity contribution is 7.99. The summed E-state index contributed by atoms with van der Waals surface area (Å²) in [5.74, 6) is 0.370. The van der Waals surface area contributed by atoms with E-state index >= 15 is 0 Å². The molecule has 1 aliphatic rings. The Kier molecular flexibility index (Phi) is 13.6. The van der Waals surface area contributed by atoms with Crippen LogP contribution in [0.25, 0.3) is 0 Å². The molecular formula is C28H42F3N4O7PS3. The second kappa shape index (κ2) is 16.1. The summed E-state index contributed by atoms with van der Waals surface area (Å²) in [6.45, 7) is 10.1. The van der Waals surface area contributed by atoms with E-state index in [9.17, 15) is 34.6 Å². The van der Waals surface area contributed by atoms with Gasteiger partial charge in [0.05, 0.1) is 22.8 Å². The summed E-state index contributed by atoms with van der Waals surface area (Å²) in [6.07, 6.45) is 0.0338. The predicted octanol–water partition coefficient (Wildman–Crippen LogP) is 5.21. The number of alkyl halides is 3. The Labute approximate surface area is 273 Å². The van der Waals surface area contributed by atoms with Gasteiger partial charge in [0, 0.05) is 49.4 Å². The van der Waals surface area contributed by atoms with E-state index in [2.05, 4.69) is 10.2 Å². The summed E-state index contributed by atoms with van der Waals surface area (Å²) in [6, 6.07) is 11.2. The Bertz CT molecular complexity index is 1540. The van der Waals surface area contributed by atoms with Crippen LogP contribution in [0.3, 0.4) is 0 Å². The SMILES string of the molecule is CC(C)OP(=O)(CN1CCN(CC[C@H](CSc2ccccc2)Nc2ccc(S(N)(=O)=O)cc2S(=O)(=O)C(F)(F)F)CC1)OC(C)C. The molecule has 3 rings (SSSR count). The molecule has 0 aromatic heterocycles. The molecule has 1 saturated heterocycles. The van der Waals surface area contributed by atoms with Crippen LogP contribution in [0.2, 0.25) is 0 Å². The normalized spacial score (nSPS) is 16.7. The van der Waals surface area contributed by atoms with Crippen molar-refractivity contribution in [3.63, 3.8) is 0 Å². The van der Waals surface area contributed by atoms with Crippen molar-refractivity contribution in [3.05, 3.63) is 48.5 Å². The summed E-state index contributed by atoms with van der Waals surface area (Å²) in [5.41, 5.74) is -6.04. The Morgan fingerprint density at radius 2 is 1.50 bits per heavy atom. The van der Waals surface area contributed by atoms with Gasteiger partial charge in [-0.1, -0.05) is 18.2 Å². The van der Waals surface area contributed by atoms with Crippen LogP contribution in [0, 0.1) is 0 Å². The van der Waals surface area contributed by atoms with E-state index in [4.69, 9.17) is 14.2 Å². The average Bonchev–Trinajstić information content (AvgIpc) is 2.93. The van der Waals surface area contributed by atoms with Crippen molar-refractivity contribution in [2.75, 3.05) is 50.1 Å². The summed E-state index contributed by atoms with van der Waals surface area (Å²) in [4.78, 5) is 3.12. The molecule has 1 aliphatic heterocycles. The summed E-state index contributed by atoms with van der Waals surface area (Å²) >= 11 is 1.44. The van der Waals surface area contributed by atoms with Crippen molar-refractivity contribution in [2.24, 2.45) is 5.14 Å². The van der Waals surface area contributed by atoms with E-state index in [1.54, 1.807) is 27.7 Å². The lowest BCUT2D eigenvalue weighted by atomic mass is 10.2. The van der Waals surface area contributed by atoms with Gasteiger partial charge in [-0.2, -0.15) is 13.2 Å². The van der Waals surface area contributed by atoms with E-state index in [0.717, 1.165) is 17.0 Å². The van der Waals surface area contributed by atoms with Gasteiger partial charge in [-0.3, -0.25) is 9.46 Å². The van der Waals surface area contributed by atoms with E-state index in [-0.39, 0.29) is 24.2 Å². The summed E-state index contributed by atoms with van der Waals surface area (Å²) in [7, 11) is -13.8. The Morgan fingerprint density at radius 3 is 2.02 bits per heavy atom. The van der Waals surface area contributed by atoms with Gasteiger partial charge in [-0.25, -0.2) is 22.0 Å². The lowest BCUT2D eigenvalue weighted by Gasteiger charge is -2.37. The quantitative estimate of drug-likeness (QED) is 0.173. The zero-order chi connectivity index (χ0) is 34.3. The molecular weight excluding hydrogens is 688 g/mol. The predicted molar refractivity (Wildman–Crippen MR) is 173 cm³/mol. The first-order chi connectivity index (χ1) is 21.3. The molecule has 0 saturated carbocycles. The number of hydrogen-bond acceptors (Lipinski definition) is 11. The molecule has 0 aliphatic carbocycles. The van der Waals surface area contributed by atoms with Crippen LogP contribution in [0.1, 0.15) is 34.1 Å². The summed E-state index contributed by atoms with van der Waals surface area (Å²) in [5, 5.41) is 8.04. The van der Waals surface area contributed by atoms with Crippen molar-refractivity contribution >= 4 is 44.9 Å². The molecule has 1 fully saturated rings. The number of anilines is 1. The van der Waals surface area contributed by atoms with E-state index in [0.29, 0.717) is 51.0 Å². The number of nitrogens with zero attached hydrogens (tertiary/aromatic N) is 2. The number of halogens is 3. The van der Waals surface area contributed by atoms with Gasteiger partial charge in [0.15, 0.2) is 0 Å². The molecule has 18 heteroatoms. The van der Waals surface area contributed by atoms with Gasteiger partial charge < -0.3 is 19.3 Å². The van der Waals surface area contributed by atoms with Gasteiger partial charge in [-0.05, 0) is 64.4 Å². The van der Waals surface area contributed by atoms with Gasteiger partial charge in [-0.15, -0.1) is 11.8 Å². The number of sulfone groups is 1. The number of primary sulfonamides is 1. The minimum Gasteiger partial charge on any atom is -0.380 e. The van der Waals surface area contributed by atoms with Crippen LogP contribution in [0.5, 0.6) is 0 Å². The molecule has 260 valence electrons. The van der Waals surface area contributed by atoms with Gasteiger partial charge in [0.2, 0.25) is 10.0 Å². The maximum Gasteiger partial charge on any atom is 0.501 e. The molecule has 46 heavy (non-hydrogen) atoms. The minimum atomic E-state index is -5.92. The molecule has 0 spiro atoms. The topological polar surface area (TPSA) is 148 Å². The van der Waals surface area contributed by atoms with Crippen LogP contribution in [0.15, 0.2) is 63.2 Å². The third-order valence-electron chi connectivity index (χ3n) is 6.80. The Hall–Kier alpha value is -1.69. The number of sulfonamides is 1. The fourth-order valence-electron chi connectivity index (χ4n) is 4.75. The smallest absolute Gasteiger partial charge is 0.380 e. The number of nitrogens with two attached hydrogens (primary N) is 1. The van der Waals surface area contributed by atoms with Crippen LogP contribution in [0.4, 0.5) is 18.9 Å². The number of piperazine rings is 1. The maximum atomic E-state index is 13.6. The monoisotopic (exact) mass is 730 g/mol. The van der Waals surface area contributed by atoms with Crippen molar-refractivity contribution in [1.29, 1.82) is 0 Å². The average molecular weight is 731 g/mol. The molecule has 2 aromatic rings. The highest BCUT2D eigenvalue weighted by atomic mass is 32.2. The van der Waals surface area contributed by atoms with Crippen LogP contribution in [-0.2, 0) is 33.5 Å². The molecule has 11 nitrogen and oxygen atoms in total. The fraction of sp³-hybridized carbons (Fsp3) is 0.571. The first kappa shape index (κ1) is 38.8. The number of rotatable bonds is 16. The minimum absolute atomic E-state index is 0.153. The Morgan fingerprint density at radius 1 is 0.935 bits per heavy atom. The highest BCUT2D eigenvalue weighted by Gasteiger charge is 2.48. The fourth-order valence-corrected chi connectivity index (χ4v) is 9.54. The van der Waals surface area contributed by atoms with Crippen molar-refractivity contribution < 1.29 is 43.6 Å². The molecule has 3 N–H and O–H groups in total. The third-order valence-corrected chi connectivity index (χ3v) is 12.6. The lowest BCUT2D eigenvalue weighted by molar-refractivity contribution is -0.0435. The molecule has 0 radical (unpaired) electrons. The summed E-state index contributed by atoms with van der Waals surface area (Å²) < 4.78 is 114. The van der Waals surface area contributed by atoms with E-state index in [1.165, 1.54) is 11.8 Å². The molecule has 0 unspecified atom stereocenters. The van der Waals surface area contributed by atoms with E-state index < -0.39 is 48.8 Å². The van der Waals surface area contributed by atoms with E-state index in [1.807, 2.05) is 35.2 Å². The number of benzene rings is 2. The maximum absolute atomic E-state index is 13.6. The molecule has 0 amide bonds. The number of nitrogens with one attached hydrogen (secondary N) is 1. The Balaban J connectivity index is 1.77. The lowest BCUT2D eigenvalue weighted by Crippen LogP contribution is -2.47. The number of hydrogen-bond donors (Lipinski definition) is 2. The second-order valence-corrected chi connectivity index (χ2v) is 17.9. The van der Waals surface area contributed by atoms with Crippen molar-refractivity contribution in [1.82, 2.24) is 9.80 Å². The van der Waals surface area contributed by atoms with Crippen LogP contribution in [-0.4, -0.2) is 95.2 Å². The standard InChI is InChI=1S/C28H42F3N4O7PS3/c1-21(2)41-43(36,42-22(3)4)20-35-16-14-34(15-17-35)13-12-23(19-44-24-8-6-5-7-9-24)33-26-11-10-25(46(32,39)40)18-27(26)45(37,38)28(29,30)31/h5-11,18,21-23,33H,12-17,19-20H2,1-4H3,(H2,32,39,40)/t23-/m1/s1. The number of thioether (sulfide) groups is 1. The first-order valence-corrected chi connectivity index (χ1v) is 20.4. The zero-order valence-corrected chi connectivity index (χ0v) is 29.5. The van der Waals surface area contributed by atoms with Gasteiger partial charge in [0.25, 0.3) is 9.84 Å². The van der Waals surface area contributed by atoms with Crippen molar-refractivity contribution in [3.8, 4) is 0 Å². The first-order valence-electron chi connectivity index (χ1n) is 14.6. The molecule has 0 bridgehead atoms.